The molecule has 0 aliphatic heterocycles. The minimum Gasteiger partial charge on any atom is -0.453 e. The van der Waals surface area contributed by atoms with Gasteiger partial charge in [0.1, 0.15) is 5.75 Å². The van der Waals surface area contributed by atoms with E-state index in [9.17, 15) is 8.78 Å². The third-order valence-electron chi connectivity index (χ3n) is 3.15. The van der Waals surface area contributed by atoms with Crippen molar-refractivity contribution in [3.05, 3.63) is 58.1 Å². The highest BCUT2D eigenvalue weighted by molar-refractivity contribution is 9.10. The van der Waals surface area contributed by atoms with Crippen LogP contribution in [0.3, 0.4) is 0 Å². The van der Waals surface area contributed by atoms with Gasteiger partial charge in [-0.3, -0.25) is 0 Å². The fraction of sp³-hybridized carbons (Fsp3) is 0.250. The molecule has 2 N–H and O–H groups in total. The average molecular weight is 356 g/mol. The highest BCUT2D eigenvalue weighted by Gasteiger charge is 2.12. The van der Waals surface area contributed by atoms with Gasteiger partial charge in [-0.05, 0) is 58.6 Å². The van der Waals surface area contributed by atoms with Crippen LogP contribution in [0, 0.1) is 11.6 Å². The first-order valence-electron chi connectivity index (χ1n) is 6.67. The normalized spacial score (nSPS) is 12.2. The minimum absolute atomic E-state index is 0.101. The van der Waals surface area contributed by atoms with Crippen LogP contribution in [0.2, 0.25) is 0 Å². The summed E-state index contributed by atoms with van der Waals surface area (Å²) in [6.45, 7) is 2.03. The van der Waals surface area contributed by atoms with Crippen LogP contribution in [0.25, 0.3) is 0 Å². The summed E-state index contributed by atoms with van der Waals surface area (Å²) in [7, 11) is 0. The van der Waals surface area contributed by atoms with Gasteiger partial charge in [0.2, 0.25) is 5.82 Å². The van der Waals surface area contributed by atoms with Gasteiger partial charge in [-0.15, -0.1) is 0 Å². The number of nitrogens with two attached hydrogens (primary N) is 1. The molecule has 0 aromatic heterocycles. The lowest BCUT2D eigenvalue weighted by Gasteiger charge is -2.12. The molecule has 0 saturated carbocycles. The van der Waals surface area contributed by atoms with E-state index >= 15 is 0 Å². The van der Waals surface area contributed by atoms with Crippen molar-refractivity contribution >= 4 is 15.9 Å². The number of hydrogen-bond acceptors (Lipinski definition) is 2. The Morgan fingerprint density at radius 1 is 1.19 bits per heavy atom. The second-order valence-corrected chi connectivity index (χ2v) is 5.65. The summed E-state index contributed by atoms with van der Waals surface area (Å²) in [5.74, 6) is -1.65. The highest BCUT2D eigenvalue weighted by Crippen LogP contribution is 2.32. The predicted octanol–water partition coefficient (Wildman–Crippen LogP) is 4.80. The van der Waals surface area contributed by atoms with Gasteiger partial charge in [-0.25, -0.2) is 4.39 Å². The van der Waals surface area contributed by atoms with Gasteiger partial charge in [0.25, 0.3) is 0 Å². The minimum atomic E-state index is -0.999. The summed E-state index contributed by atoms with van der Waals surface area (Å²) in [4.78, 5) is 0. The van der Waals surface area contributed by atoms with Gasteiger partial charge in [0.15, 0.2) is 11.6 Å². The Bertz CT molecular complexity index is 634. The summed E-state index contributed by atoms with van der Waals surface area (Å²) in [6, 6.07) is 9.39. The van der Waals surface area contributed by atoms with E-state index in [1.165, 1.54) is 12.1 Å². The van der Waals surface area contributed by atoms with Crippen LogP contribution in [0.5, 0.6) is 11.5 Å². The van der Waals surface area contributed by atoms with Crippen LogP contribution < -0.4 is 10.5 Å². The number of halogens is 3. The molecule has 21 heavy (non-hydrogen) atoms. The molecular weight excluding hydrogens is 340 g/mol. The Hall–Kier alpha value is -1.46. The van der Waals surface area contributed by atoms with Crippen LogP contribution in [0.15, 0.2) is 40.9 Å². The van der Waals surface area contributed by atoms with Crippen molar-refractivity contribution in [2.75, 3.05) is 0 Å². The van der Waals surface area contributed by atoms with Gasteiger partial charge in [-0.1, -0.05) is 19.1 Å². The van der Waals surface area contributed by atoms with Gasteiger partial charge >= 0.3 is 0 Å². The molecule has 0 bridgehead atoms. The largest absolute Gasteiger partial charge is 0.453 e. The van der Waals surface area contributed by atoms with Crippen LogP contribution >= 0.6 is 15.9 Å². The molecular formula is C16H16BrF2NO. The fourth-order valence-corrected chi connectivity index (χ4v) is 2.39. The van der Waals surface area contributed by atoms with E-state index < -0.39 is 11.6 Å². The van der Waals surface area contributed by atoms with E-state index in [0.29, 0.717) is 10.2 Å². The Morgan fingerprint density at radius 2 is 1.95 bits per heavy atom. The van der Waals surface area contributed by atoms with Crippen molar-refractivity contribution in [1.29, 1.82) is 0 Å². The molecule has 2 aromatic rings. The lowest BCUT2D eigenvalue weighted by molar-refractivity contribution is 0.414. The van der Waals surface area contributed by atoms with Crippen molar-refractivity contribution < 1.29 is 13.5 Å². The molecule has 5 heteroatoms. The number of rotatable bonds is 5. The maximum atomic E-state index is 13.6. The first-order chi connectivity index (χ1) is 10.0. The van der Waals surface area contributed by atoms with Crippen LogP contribution in [0.4, 0.5) is 8.78 Å². The zero-order chi connectivity index (χ0) is 15.4. The SMILES string of the molecule is CCC(N)Cc1ccc(Oc2cccc(F)c2F)c(Br)c1. The number of hydrogen-bond donors (Lipinski definition) is 1. The Kier molecular flexibility index (Phi) is 5.31. The molecule has 0 aliphatic carbocycles. The first kappa shape index (κ1) is 15.9. The Morgan fingerprint density at radius 3 is 2.62 bits per heavy atom. The summed E-state index contributed by atoms with van der Waals surface area (Å²) in [6.07, 6.45) is 1.65. The molecule has 0 spiro atoms. The summed E-state index contributed by atoms with van der Waals surface area (Å²) >= 11 is 3.38. The van der Waals surface area contributed by atoms with Crippen molar-refractivity contribution in [2.45, 2.75) is 25.8 Å². The highest BCUT2D eigenvalue weighted by atomic mass is 79.9. The zero-order valence-corrected chi connectivity index (χ0v) is 13.2. The van der Waals surface area contributed by atoms with Gasteiger partial charge < -0.3 is 10.5 Å². The standard InChI is InChI=1S/C16H16BrF2NO/c1-2-11(20)8-10-6-7-14(12(17)9-10)21-15-5-3-4-13(18)16(15)19/h3-7,9,11H,2,8,20H2,1H3. The van der Waals surface area contributed by atoms with Gasteiger partial charge in [-0.2, -0.15) is 4.39 Å². The van der Waals surface area contributed by atoms with E-state index in [0.717, 1.165) is 24.5 Å². The molecule has 2 aromatic carbocycles. The van der Waals surface area contributed by atoms with Crippen LogP contribution in [-0.2, 0) is 6.42 Å². The number of ether oxygens (including phenoxy) is 1. The molecule has 1 atom stereocenters. The molecule has 112 valence electrons. The summed E-state index contributed by atoms with van der Waals surface area (Å²) in [5, 5.41) is 0. The van der Waals surface area contributed by atoms with Crippen LogP contribution in [-0.4, -0.2) is 6.04 Å². The summed E-state index contributed by atoms with van der Waals surface area (Å²) in [5.41, 5.74) is 6.97. The van der Waals surface area contributed by atoms with Crippen molar-refractivity contribution in [3.63, 3.8) is 0 Å². The molecule has 0 aliphatic rings. The Balaban J connectivity index is 2.19. The second-order valence-electron chi connectivity index (χ2n) is 4.79. The van der Waals surface area contributed by atoms with Crippen LogP contribution in [0.1, 0.15) is 18.9 Å². The van der Waals surface area contributed by atoms with Gasteiger partial charge in [0.05, 0.1) is 4.47 Å². The monoisotopic (exact) mass is 355 g/mol. The molecule has 0 radical (unpaired) electrons. The maximum absolute atomic E-state index is 13.6. The summed E-state index contributed by atoms with van der Waals surface area (Å²) < 4.78 is 32.8. The quantitative estimate of drug-likeness (QED) is 0.835. The Labute approximate surface area is 131 Å². The molecule has 0 amide bonds. The third-order valence-corrected chi connectivity index (χ3v) is 3.77. The van der Waals surface area contributed by atoms with E-state index in [1.54, 1.807) is 6.07 Å². The lowest BCUT2D eigenvalue weighted by Crippen LogP contribution is -2.21. The number of benzene rings is 2. The molecule has 0 fully saturated rings. The first-order valence-corrected chi connectivity index (χ1v) is 7.46. The topological polar surface area (TPSA) is 35.2 Å². The van der Waals surface area contributed by atoms with Crippen molar-refractivity contribution in [2.24, 2.45) is 5.73 Å². The lowest BCUT2D eigenvalue weighted by atomic mass is 10.0. The maximum Gasteiger partial charge on any atom is 0.201 e. The van der Waals surface area contributed by atoms with Crippen molar-refractivity contribution in [1.82, 2.24) is 0 Å². The van der Waals surface area contributed by atoms with E-state index in [-0.39, 0.29) is 11.8 Å². The smallest absolute Gasteiger partial charge is 0.201 e. The molecule has 2 rings (SSSR count). The zero-order valence-electron chi connectivity index (χ0n) is 11.6. The van der Waals surface area contributed by atoms with E-state index in [4.69, 9.17) is 10.5 Å². The molecule has 1 unspecified atom stereocenters. The van der Waals surface area contributed by atoms with E-state index in [2.05, 4.69) is 15.9 Å². The van der Waals surface area contributed by atoms with E-state index in [1.807, 2.05) is 19.1 Å². The third kappa shape index (κ3) is 4.02. The van der Waals surface area contributed by atoms with Crippen molar-refractivity contribution in [3.8, 4) is 11.5 Å². The molecule has 0 saturated heterocycles. The predicted molar refractivity (Wildman–Crippen MR) is 82.5 cm³/mol. The fourth-order valence-electron chi connectivity index (χ4n) is 1.88. The second kappa shape index (κ2) is 7.00. The van der Waals surface area contributed by atoms with Gasteiger partial charge in [0, 0.05) is 6.04 Å². The molecule has 0 heterocycles. The molecule has 2 nitrogen and oxygen atoms in total. The average Bonchev–Trinajstić information content (AvgIpc) is 2.46.